The van der Waals surface area contributed by atoms with Crippen molar-refractivity contribution >= 4 is 67.2 Å². The number of amides is 1. The van der Waals surface area contributed by atoms with Gasteiger partial charge in [-0.3, -0.25) is 9.78 Å². The van der Waals surface area contributed by atoms with Crippen LogP contribution in [-0.4, -0.2) is 24.2 Å². The van der Waals surface area contributed by atoms with Gasteiger partial charge in [-0.25, -0.2) is 5.43 Å². The van der Waals surface area contributed by atoms with E-state index in [1.807, 2.05) is 6.07 Å². The summed E-state index contributed by atoms with van der Waals surface area (Å²) in [6, 6.07) is 12.1. The van der Waals surface area contributed by atoms with Gasteiger partial charge in [0, 0.05) is 16.2 Å². The first-order valence-electron chi connectivity index (χ1n) is 8.78. The first-order chi connectivity index (χ1) is 14.9. The summed E-state index contributed by atoms with van der Waals surface area (Å²) in [4.78, 5) is 16.0. The van der Waals surface area contributed by atoms with Gasteiger partial charge in [0.15, 0.2) is 11.5 Å². The third-order valence-corrected chi connectivity index (χ3v) is 6.89. The number of carbonyl (C=O) groups excluding carboxylic acids is 1. The van der Waals surface area contributed by atoms with Crippen LogP contribution in [-0.2, 0) is 6.61 Å². The maximum Gasteiger partial charge on any atom is 0.289 e. The molecule has 1 amide bonds. The highest BCUT2D eigenvalue weighted by Gasteiger charge is 2.17. The van der Waals surface area contributed by atoms with Crippen molar-refractivity contribution in [2.75, 3.05) is 7.11 Å². The summed E-state index contributed by atoms with van der Waals surface area (Å²) in [6.45, 7) is 0.256. The average molecular weight is 588 g/mol. The maximum atomic E-state index is 12.1. The molecule has 0 saturated carbocycles. The van der Waals surface area contributed by atoms with Gasteiger partial charge in [0.05, 0.1) is 27.8 Å². The second-order valence-corrected chi connectivity index (χ2v) is 8.48. The number of carbonyl (C=O) groups is 1. The van der Waals surface area contributed by atoms with Gasteiger partial charge >= 0.3 is 0 Å². The van der Waals surface area contributed by atoms with Crippen molar-refractivity contribution in [3.63, 3.8) is 0 Å². The first-order valence-corrected chi connectivity index (χ1v) is 11.1. The fourth-order valence-electron chi connectivity index (χ4n) is 2.48. The van der Waals surface area contributed by atoms with Crippen molar-refractivity contribution in [1.29, 1.82) is 0 Å². The van der Waals surface area contributed by atoms with E-state index < -0.39 is 5.91 Å². The van der Waals surface area contributed by atoms with E-state index in [1.54, 1.807) is 36.4 Å². The Hall–Kier alpha value is -2.13. The molecule has 0 spiro atoms. The number of nitrogens with zero attached hydrogens (tertiary/aromatic N) is 2. The van der Waals surface area contributed by atoms with E-state index in [1.165, 1.54) is 19.5 Å². The summed E-state index contributed by atoms with van der Waals surface area (Å²) in [5.74, 6) is 0.559. The maximum absolute atomic E-state index is 12.1. The number of ether oxygens (including phenoxy) is 2. The Morgan fingerprint density at radius 3 is 2.65 bits per heavy atom. The summed E-state index contributed by atoms with van der Waals surface area (Å²) >= 11 is 19.1. The number of aromatic nitrogens is 1. The van der Waals surface area contributed by atoms with Crippen LogP contribution in [0.3, 0.4) is 0 Å². The van der Waals surface area contributed by atoms with E-state index in [9.17, 15) is 4.79 Å². The first kappa shape index (κ1) is 23.5. The van der Waals surface area contributed by atoms with E-state index in [4.69, 9.17) is 32.7 Å². The lowest BCUT2D eigenvalue weighted by Crippen LogP contribution is -2.18. The van der Waals surface area contributed by atoms with Crippen molar-refractivity contribution in [1.82, 2.24) is 10.4 Å². The number of hydrazone groups is 1. The molecule has 3 rings (SSSR count). The molecular formula is C21H15Br2Cl2N3O3. The summed E-state index contributed by atoms with van der Waals surface area (Å²) in [5.41, 5.74) is 4.21. The molecule has 6 nitrogen and oxygen atoms in total. The molecule has 0 fully saturated rings. The van der Waals surface area contributed by atoms with Gasteiger partial charge in [0.1, 0.15) is 12.3 Å². The molecule has 0 saturated heterocycles. The van der Waals surface area contributed by atoms with Crippen LogP contribution >= 0.6 is 55.1 Å². The summed E-state index contributed by atoms with van der Waals surface area (Å²) < 4.78 is 12.7. The standard InChI is InChI=1S/C21H15Br2Cl2N3O3/c1-30-17-9-13(10-27-28-21(29)16-4-2-3-7-26-16)18(22)19(23)20(17)31-11-12-5-6-14(24)15(25)8-12/h2-10H,11H2,1H3,(H,28,29)/b27-10-. The SMILES string of the molecule is COc1cc(/C=N\NC(=O)c2ccccn2)c(Br)c(Br)c1OCc1ccc(Cl)c(Cl)c1. The smallest absolute Gasteiger partial charge is 0.289 e. The molecule has 10 heteroatoms. The minimum atomic E-state index is -0.416. The Morgan fingerprint density at radius 2 is 1.97 bits per heavy atom. The zero-order chi connectivity index (χ0) is 22.4. The molecule has 0 unspecified atom stereocenters. The molecule has 0 aliphatic rings. The highest BCUT2D eigenvalue weighted by molar-refractivity contribution is 9.13. The predicted octanol–water partition coefficient (Wildman–Crippen LogP) is 6.26. The van der Waals surface area contributed by atoms with Gasteiger partial charge in [-0.05, 0) is 67.8 Å². The Labute approximate surface area is 205 Å². The Bertz CT molecular complexity index is 1130. The Balaban J connectivity index is 1.77. The van der Waals surface area contributed by atoms with Crippen LogP contribution in [0.5, 0.6) is 11.5 Å². The summed E-state index contributed by atoms with van der Waals surface area (Å²) in [7, 11) is 1.53. The lowest BCUT2D eigenvalue weighted by Gasteiger charge is -2.15. The van der Waals surface area contributed by atoms with E-state index in [0.717, 1.165) is 5.56 Å². The van der Waals surface area contributed by atoms with Gasteiger partial charge < -0.3 is 9.47 Å². The highest BCUT2D eigenvalue weighted by atomic mass is 79.9. The molecule has 1 heterocycles. The molecule has 1 aromatic heterocycles. The van der Waals surface area contributed by atoms with E-state index in [0.29, 0.717) is 36.1 Å². The van der Waals surface area contributed by atoms with Gasteiger partial charge in [0.2, 0.25) is 0 Å². The van der Waals surface area contributed by atoms with E-state index in [-0.39, 0.29) is 12.3 Å². The molecule has 2 aromatic carbocycles. The third kappa shape index (κ3) is 5.98. The quantitative estimate of drug-likeness (QED) is 0.261. The van der Waals surface area contributed by atoms with Crippen LogP contribution in [0, 0.1) is 0 Å². The van der Waals surface area contributed by atoms with Crippen molar-refractivity contribution in [2.24, 2.45) is 5.10 Å². The van der Waals surface area contributed by atoms with E-state index in [2.05, 4.69) is 47.4 Å². The van der Waals surface area contributed by atoms with Gasteiger partial charge in [0.25, 0.3) is 5.91 Å². The minimum Gasteiger partial charge on any atom is -0.493 e. The topological polar surface area (TPSA) is 72.8 Å². The second kappa shape index (κ2) is 10.9. The van der Waals surface area contributed by atoms with Crippen LogP contribution in [0.2, 0.25) is 10.0 Å². The van der Waals surface area contributed by atoms with Crippen LogP contribution in [0.1, 0.15) is 21.6 Å². The number of nitrogens with one attached hydrogen (secondary N) is 1. The third-order valence-electron chi connectivity index (χ3n) is 4.01. The fraction of sp³-hybridized carbons (Fsp3) is 0.0952. The van der Waals surface area contributed by atoms with Gasteiger partial charge in [-0.1, -0.05) is 35.3 Å². The molecule has 1 N–H and O–H groups in total. The van der Waals surface area contributed by atoms with Crippen LogP contribution < -0.4 is 14.9 Å². The fourth-order valence-corrected chi connectivity index (χ4v) is 3.74. The number of pyridine rings is 1. The molecule has 0 radical (unpaired) electrons. The average Bonchev–Trinajstić information content (AvgIpc) is 2.78. The van der Waals surface area contributed by atoms with Gasteiger partial charge in [-0.15, -0.1) is 0 Å². The zero-order valence-corrected chi connectivity index (χ0v) is 20.7. The Kier molecular flexibility index (Phi) is 8.31. The monoisotopic (exact) mass is 585 g/mol. The number of rotatable bonds is 7. The molecule has 160 valence electrons. The van der Waals surface area contributed by atoms with Crippen molar-refractivity contribution < 1.29 is 14.3 Å². The summed E-state index contributed by atoms with van der Waals surface area (Å²) in [5, 5.41) is 4.93. The molecule has 3 aromatic rings. The molecular weight excluding hydrogens is 573 g/mol. The molecule has 0 atom stereocenters. The van der Waals surface area contributed by atoms with E-state index >= 15 is 0 Å². The van der Waals surface area contributed by atoms with Crippen LogP contribution in [0.4, 0.5) is 0 Å². The molecule has 0 bridgehead atoms. The lowest BCUT2D eigenvalue weighted by atomic mass is 10.2. The Morgan fingerprint density at radius 1 is 1.16 bits per heavy atom. The highest BCUT2D eigenvalue weighted by Crippen LogP contribution is 2.42. The van der Waals surface area contributed by atoms with Crippen molar-refractivity contribution in [3.8, 4) is 11.5 Å². The number of hydrogen-bond donors (Lipinski definition) is 1. The van der Waals surface area contributed by atoms with Crippen molar-refractivity contribution in [2.45, 2.75) is 6.61 Å². The normalized spacial score (nSPS) is 10.9. The number of methoxy groups -OCH3 is 1. The van der Waals surface area contributed by atoms with Crippen LogP contribution in [0.25, 0.3) is 0 Å². The lowest BCUT2D eigenvalue weighted by molar-refractivity contribution is 0.0950. The van der Waals surface area contributed by atoms with Gasteiger partial charge in [-0.2, -0.15) is 5.10 Å². The molecule has 0 aliphatic heterocycles. The molecule has 0 aliphatic carbocycles. The minimum absolute atomic E-state index is 0.256. The zero-order valence-electron chi connectivity index (χ0n) is 16.0. The van der Waals surface area contributed by atoms with Crippen LogP contribution in [0.15, 0.2) is 62.7 Å². The number of hydrogen-bond acceptors (Lipinski definition) is 5. The second-order valence-electron chi connectivity index (χ2n) is 6.08. The number of halogens is 4. The molecule has 31 heavy (non-hydrogen) atoms. The number of benzene rings is 2. The predicted molar refractivity (Wildman–Crippen MR) is 128 cm³/mol. The van der Waals surface area contributed by atoms with Crippen molar-refractivity contribution in [3.05, 3.63) is 84.5 Å². The largest absolute Gasteiger partial charge is 0.493 e. The summed E-state index contributed by atoms with van der Waals surface area (Å²) in [6.07, 6.45) is 3.02.